The highest BCUT2D eigenvalue weighted by atomic mass is 32.1. The topological polar surface area (TPSA) is 20.7 Å². The molecule has 96 valence electrons. The van der Waals surface area contributed by atoms with E-state index in [4.69, 9.17) is 12.2 Å². The van der Waals surface area contributed by atoms with Gasteiger partial charge in [-0.1, -0.05) is 38.3 Å². The number of aromatic nitrogens is 2. The molecule has 0 spiro atoms. The van der Waals surface area contributed by atoms with Crippen molar-refractivity contribution in [2.75, 3.05) is 0 Å². The van der Waals surface area contributed by atoms with Gasteiger partial charge in [0.25, 0.3) is 0 Å². The number of rotatable bonds is 2. The Bertz CT molecular complexity index is 602. The number of fused-ring (bicyclic) bond motifs is 1. The molecule has 1 fully saturated rings. The first-order chi connectivity index (χ1) is 8.68. The minimum absolute atomic E-state index is 0.418. The summed E-state index contributed by atoms with van der Waals surface area (Å²) in [5.41, 5.74) is 2.82. The van der Waals surface area contributed by atoms with Crippen LogP contribution < -0.4 is 0 Å². The zero-order valence-corrected chi connectivity index (χ0v) is 11.7. The molecule has 2 aromatic rings. The Morgan fingerprint density at radius 3 is 2.72 bits per heavy atom. The molecule has 0 unspecified atom stereocenters. The highest BCUT2D eigenvalue weighted by molar-refractivity contribution is 7.71. The lowest BCUT2D eigenvalue weighted by Gasteiger charge is -2.34. The Hall–Kier alpha value is -1.09. The molecule has 3 rings (SSSR count). The maximum atomic E-state index is 5.48. The average Bonchev–Trinajstić information content (AvgIpc) is 2.67. The van der Waals surface area contributed by atoms with Crippen LogP contribution in [0.25, 0.3) is 11.0 Å². The molecule has 1 N–H and O–H groups in total. The number of imidazole rings is 1. The van der Waals surface area contributed by atoms with E-state index in [1.54, 1.807) is 0 Å². The summed E-state index contributed by atoms with van der Waals surface area (Å²) in [7, 11) is 0. The van der Waals surface area contributed by atoms with Crippen LogP contribution in [-0.4, -0.2) is 9.55 Å². The molecule has 0 aliphatic heterocycles. The summed E-state index contributed by atoms with van der Waals surface area (Å²) in [6.45, 7) is 3.46. The monoisotopic (exact) mass is 260 g/mol. The highest BCUT2D eigenvalue weighted by Gasteiger charge is 2.27. The molecule has 0 radical (unpaired) electrons. The van der Waals surface area contributed by atoms with Gasteiger partial charge in [0.05, 0.1) is 11.0 Å². The predicted octanol–water partition coefficient (Wildman–Crippen LogP) is 4.67. The van der Waals surface area contributed by atoms with Crippen LogP contribution in [0.1, 0.15) is 39.0 Å². The molecule has 0 amide bonds. The van der Waals surface area contributed by atoms with Gasteiger partial charge in [0, 0.05) is 6.54 Å². The molecular weight excluding hydrogens is 240 g/mol. The highest BCUT2D eigenvalue weighted by Crippen LogP contribution is 2.37. The van der Waals surface area contributed by atoms with Gasteiger partial charge in [0.2, 0.25) is 0 Å². The van der Waals surface area contributed by atoms with Gasteiger partial charge in [-0.3, -0.25) is 0 Å². The zero-order valence-electron chi connectivity index (χ0n) is 10.9. The maximum Gasteiger partial charge on any atom is 0.178 e. The second kappa shape index (κ2) is 4.54. The average molecular weight is 260 g/mol. The largest absolute Gasteiger partial charge is 0.331 e. The van der Waals surface area contributed by atoms with Crippen molar-refractivity contribution in [2.24, 2.45) is 5.41 Å². The van der Waals surface area contributed by atoms with Crippen LogP contribution in [0.3, 0.4) is 0 Å². The molecule has 1 saturated carbocycles. The summed E-state index contributed by atoms with van der Waals surface area (Å²) in [5.74, 6) is 0. The van der Waals surface area contributed by atoms with Crippen LogP contribution in [0.15, 0.2) is 24.3 Å². The van der Waals surface area contributed by atoms with Crippen LogP contribution in [0, 0.1) is 10.2 Å². The van der Waals surface area contributed by atoms with E-state index in [1.165, 1.54) is 37.6 Å². The van der Waals surface area contributed by atoms with Crippen LogP contribution in [0.5, 0.6) is 0 Å². The second-order valence-corrected chi connectivity index (χ2v) is 6.29. The number of nitrogens with one attached hydrogen (secondary N) is 1. The molecule has 0 bridgehead atoms. The summed E-state index contributed by atoms with van der Waals surface area (Å²) in [4.78, 5) is 3.31. The lowest BCUT2D eigenvalue weighted by atomic mass is 9.75. The fourth-order valence-electron chi connectivity index (χ4n) is 3.21. The molecule has 2 nitrogen and oxygen atoms in total. The van der Waals surface area contributed by atoms with Gasteiger partial charge in [-0.05, 0) is 42.6 Å². The van der Waals surface area contributed by atoms with Crippen molar-refractivity contribution in [1.82, 2.24) is 9.55 Å². The van der Waals surface area contributed by atoms with E-state index in [0.29, 0.717) is 5.41 Å². The summed E-state index contributed by atoms with van der Waals surface area (Å²) < 4.78 is 3.15. The van der Waals surface area contributed by atoms with Crippen molar-refractivity contribution in [2.45, 2.75) is 45.6 Å². The molecule has 1 heterocycles. The number of para-hydroxylation sites is 2. The lowest BCUT2D eigenvalue weighted by molar-refractivity contribution is 0.184. The van der Waals surface area contributed by atoms with Gasteiger partial charge in [-0.2, -0.15) is 0 Å². The molecule has 1 aromatic carbocycles. The second-order valence-electron chi connectivity index (χ2n) is 5.90. The normalized spacial score (nSPS) is 19.2. The molecule has 0 atom stereocenters. The molecular formula is C15H20N2S. The Balaban J connectivity index is 1.99. The SMILES string of the molecule is CC1(Cn2c(=S)[nH]c3ccccc32)CCCCC1. The van der Waals surface area contributed by atoms with E-state index in [-0.39, 0.29) is 0 Å². The van der Waals surface area contributed by atoms with Crippen molar-refractivity contribution in [3.8, 4) is 0 Å². The third-order valence-corrected chi connectivity index (χ3v) is 4.60. The number of hydrogen-bond donors (Lipinski definition) is 1. The Kier molecular flexibility index (Phi) is 3.02. The first-order valence-corrected chi connectivity index (χ1v) is 7.26. The molecule has 18 heavy (non-hydrogen) atoms. The lowest BCUT2D eigenvalue weighted by Crippen LogP contribution is -2.26. The van der Waals surface area contributed by atoms with E-state index < -0.39 is 0 Å². The van der Waals surface area contributed by atoms with Gasteiger partial charge in [-0.25, -0.2) is 0 Å². The van der Waals surface area contributed by atoms with Crippen LogP contribution in [-0.2, 0) is 6.54 Å². The van der Waals surface area contributed by atoms with Crippen molar-refractivity contribution >= 4 is 23.3 Å². The van der Waals surface area contributed by atoms with Gasteiger partial charge >= 0.3 is 0 Å². The minimum Gasteiger partial charge on any atom is -0.331 e. The first-order valence-electron chi connectivity index (χ1n) is 6.86. The van der Waals surface area contributed by atoms with Gasteiger partial charge in [0.15, 0.2) is 4.77 Å². The van der Waals surface area contributed by atoms with Gasteiger partial charge in [-0.15, -0.1) is 0 Å². The third kappa shape index (κ3) is 2.12. The van der Waals surface area contributed by atoms with Crippen LogP contribution in [0.2, 0.25) is 0 Å². The van der Waals surface area contributed by atoms with Crippen molar-refractivity contribution in [1.29, 1.82) is 0 Å². The number of hydrogen-bond acceptors (Lipinski definition) is 1. The Labute approximate surface area is 113 Å². The standard InChI is InChI=1S/C15H20N2S/c1-15(9-5-2-6-10-15)11-17-13-8-4-3-7-12(13)16-14(17)18/h3-4,7-8H,2,5-6,9-11H2,1H3,(H,16,18). The van der Waals surface area contributed by atoms with E-state index in [2.05, 4.69) is 40.7 Å². The fraction of sp³-hybridized carbons (Fsp3) is 0.533. The molecule has 1 aliphatic rings. The summed E-state index contributed by atoms with van der Waals surface area (Å²) in [5, 5.41) is 0. The Morgan fingerprint density at radius 1 is 1.22 bits per heavy atom. The number of benzene rings is 1. The zero-order chi connectivity index (χ0) is 12.6. The van der Waals surface area contributed by atoms with Gasteiger partial charge < -0.3 is 9.55 Å². The summed E-state index contributed by atoms with van der Waals surface area (Å²) in [6, 6.07) is 8.41. The van der Waals surface area contributed by atoms with Crippen molar-refractivity contribution in [3.63, 3.8) is 0 Å². The van der Waals surface area contributed by atoms with Crippen LogP contribution in [0.4, 0.5) is 0 Å². The third-order valence-electron chi connectivity index (χ3n) is 4.28. The van der Waals surface area contributed by atoms with Crippen molar-refractivity contribution < 1.29 is 0 Å². The number of nitrogens with zero attached hydrogens (tertiary/aromatic N) is 1. The fourth-order valence-corrected chi connectivity index (χ4v) is 3.48. The number of aromatic amines is 1. The molecule has 1 aliphatic carbocycles. The quantitative estimate of drug-likeness (QED) is 0.778. The predicted molar refractivity (Wildman–Crippen MR) is 78.3 cm³/mol. The Morgan fingerprint density at radius 2 is 1.94 bits per heavy atom. The van der Waals surface area contributed by atoms with E-state index in [1.807, 2.05) is 0 Å². The number of H-pyrrole nitrogens is 1. The van der Waals surface area contributed by atoms with Gasteiger partial charge in [0.1, 0.15) is 0 Å². The van der Waals surface area contributed by atoms with Crippen molar-refractivity contribution in [3.05, 3.63) is 29.0 Å². The molecule has 0 saturated heterocycles. The summed E-state index contributed by atoms with van der Waals surface area (Å²) in [6.07, 6.45) is 6.79. The van der Waals surface area contributed by atoms with E-state index >= 15 is 0 Å². The first kappa shape index (κ1) is 12.0. The molecule has 1 aromatic heterocycles. The van der Waals surface area contributed by atoms with E-state index in [0.717, 1.165) is 16.8 Å². The smallest absolute Gasteiger partial charge is 0.178 e. The molecule has 3 heteroatoms. The summed E-state index contributed by atoms with van der Waals surface area (Å²) >= 11 is 5.48. The maximum absolute atomic E-state index is 5.48. The van der Waals surface area contributed by atoms with Crippen LogP contribution >= 0.6 is 12.2 Å². The van der Waals surface area contributed by atoms with E-state index in [9.17, 15) is 0 Å². The minimum atomic E-state index is 0.418.